The van der Waals surface area contributed by atoms with E-state index >= 15 is 0 Å². The van der Waals surface area contributed by atoms with Gasteiger partial charge < -0.3 is 9.47 Å². The lowest BCUT2D eigenvalue weighted by Gasteiger charge is -2.35. The van der Waals surface area contributed by atoms with Crippen LogP contribution in [0.4, 0.5) is 0 Å². The van der Waals surface area contributed by atoms with E-state index in [0.717, 1.165) is 44.1 Å². The third kappa shape index (κ3) is 3.70. The average molecular weight is 383 g/mol. The second-order valence-electron chi connectivity index (χ2n) is 7.19. The van der Waals surface area contributed by atoms with E-state index in [4.69, 9.17) is 9.47 Å². The monoisotopic (exact) mass is 382 g/mol. The molecule has 2 fully saturated rings. The Morgan fingerprint density at radius 2 is 1.77 bits per heavy atom. The molecule has 0 N–H and O–H groups in total. The van der Waals surface area contributed by atoms with Gasteiger partial charge >= 0.3 is 0 Å². The Hall–Kier alpha value is -1.31. The summed E-state index contributed by atoms with van der Waals surface area (Å²) < 4.78 is 40.8. The Labute approximate surface area is 157 Å². The summed E-state index contributed by atoms with van der Waals surface area (Å²) in [6, 6.07) is 5.49. The van der Waals surface area contributed by atoms with Crippen LogP contribution in [-0.2, 0) is 10.2 Å². The third-order valence-electron chi connectivity index (χ3n) is 5.75. The molecule has 1 aromatic carbocycles. The van der Waals surface area contributed by atoms with Crippen LogP contribution in [0.5, 0.6) is 11.5 Å². The fourth-order valence-corrected chi connectivity index (χ4v) is 6.04. The highest BCUT2D eigenvalue weighted by Gasteiger charge is 2.41. The summed E-state index contributed by atoms with van der Waals surface area (Å²) in [6.45, 7) is 0.546. The lowest BCUT2D eigenvalue weighted by Crippen LogP contribution is -2.46. The molecule has 1 aromatic rings. The number of ether oxygens (including phenoxy) is 2. The molecule has 0 aromatic heterocycles. The summed E-state index contributed by atoms with van der Waals surface area (Å²) in [5.74, 6) is 1.42. The fourth-order valence-electron chi connectivity index (χ4n) is 4.23. The van der Waals surface area contributed by atoms with Crippen LogP contribution < -0.4 is 9.47 Å². The van der Waals surface area contributed by atoms with Gasteiger partial charge in [-0.3, -0.25) is 0 Å². The molecule has 3 rings (SSSR count). The van der Waals surface area contributed by atoms with Crippen molar-refractivity contribution in [2.24, 2.45) is 0 Å². The predicted molar refractivity (Wildman–Crippen MR) is 102 cm³/mol. The summed E-state index contributed by atoms with van der Waals surface area (Å²) in [7, 11) is 1.46. The number of benzene rings is 1. The van der Waals surface area contributed by atoms with Gasteiger partial charge in [-0.25, -0.2) is 0 Å². The first-order valence-electron chi connectivity index (χ1n) is 9.45. The second-order valence-corrected chi connectivity index (χ2v) is 9.13. The van der Waals surface area contributed by atoms with Gasteiger partial charge in [0.2, 0.25) is 0 Å². The van der Waals surface area contributed by atoms with Crippen LogP contribution in [0.1, 0.15) is 56.6 Å². The van der Waals surface area contributed by atoms with Crippen molar-refractivity contribution in [3.05, 3.63) is 23.8 Å². The number of nitrogens with zero attached hydrogens (tertiary/aromatic N) is 2. The van der Waals surface area contributed by atoms with Gasteiger partial charge in [0.15, 0.2) is 0 Å². The Kier molecular flexibility index (Phi) is 6.10. The van der Waals surface area contributed by atoms with Crippen LogP contribution in [0.3, 0.4) is 0 Å². The van der Waals surface area contributed by atoms with Gasteiger partial charge in [0.25, 0.3) is 10.2 Å². The molecular formula is C19H30N2O4S. The van der Waals surface area contributed by atoms with E-state index in [1.54, 1.807) is 29.9 Å². The van der Waals surface area contributed by atoms with Crippen LogP contribution in [0.15, 0.2) is 18.2 Å². The quantitative estimate of drug-likeness (QED) is 0.757. The molecule has 1 atom stereocenters. The molecule has 146 valence electrons. The van der Waals surface area contributed by atoms with E-state index in [0.29, 0.717) is 18.0 Å². The molecule has 6 nitrogen and oxygen atoms in total. The molecule has 0 radical (unpaired) electrons. The molecule has 2 aliphatic rings. The zero-order valence-electron chi connectivity index (χ0n) is 16.0. The minimum Gasteiger partial charge on any atom is -0.497 e. The van der Waals surface area contributed by atoms with Gasteiger partial charge in [-0.1, -0.05) is 19.3 Å². The van der Waals surface area contributed by atoms with Crippen molar-refractivity contribution in [3.8, 4) is 11.5 Å². The predicted octanol–water partition coefficient (Wildman–Crippen LogP) is 3.35. The normalized spacial score (nSPS) is 22.7. The maximum Gasteiger partial charge on any atom is 0.282 e. The van der Waals surface area contributed by atoms with Crippen LogP contribution in [0.2, 0.25) is 0 Å². The summed E-state index contributed by atoms with van der Waals surface area (Å²) in [4.78, 5) is 0. The molecule has 1 aliphatic heterocycles. The van der Waals surface area contributed by atoms with Gasteiger partial charge in [0.05, 0.1) is 20.3 Å². The smallest absolute Gasteiger partial charge is 0.282 e. The second kappa shape index (κ2) is 8.15. The first-order chi connectivity index (χ1) is 12.5. The summed E-state index contributed by atoms with van der Waals surface area (Å²) in [5, 5.41) is 0. The molecule has 1 unspecified atom stereocenters. The van der Waals surface area contributed by atoms with Crippen molar-refractivity contribution in [2.75, 3.05) is 27.8 Å². The van der Waals surface area contributed by atoms with E-state index in [-0.39, 0.29) is 12.1 Å². The third-order valence-corrected chi connectivity index (χ3v) is 7.80. The van der Waals surface area contributed by atoms with Gasteiger partial charge in [0, 0.05) is 25.2 Å². The summed E-state index contributed by atoms with van der Waals surface area (Å²) in [6.07, 6.45) is 6.98. The van der Waals surface area contributed by atoms with Gasteiger partial charge in [-0.05, 0) is 43.9 Å². The molecule has 0 bridgehead atoms. The lowest BCUT2D eigenvalue weighted by molar-refractivity contribution is 0.258. The van der Waals surface area contributed by atoms with E-state index in [2.05, 4.69) is 0 Å². The molecular weight excluding hydrogens is 352 g/mol. The number of methoxy groups -OCH3 is 2. The van der Waals surface area contributed by atoms with E-state index < -0.39 is 10.2 Å². The van der Waals surface area contributed by atoms with Crippen molar-refractivity contribution in [2.45, 2.75) is 57.0 Å². The molecule has 7 heteroatoms. The number of hydrogen-bond acceptors (Lipinski definition) is 4. The van der Waals surface area contributed by atoms with Crippen molar-refractivity contribution < 1.29 is 17.9 Å². The zero-order chi connectivity index (χ0) is 18.7. The molecule has 0 spiro atoms. The van der Waals surface area contributed by atoms with Crippen molar-refractivity contribution in [3.63, 3.8) is 0 Å². The topological polar surface area (TPSA) is 59.1 Å². The van der Waals surface area contributed by atoms with Crippen molar-refractivity contribution >= 4 is 10.2 Å². The highest BCUT2D eigenvalue weighted by atomic mass is 32.2. The Balaban J connectivity index is 1.90. The maximum atomic E-state index is 13.3. The molecule has 1 heterocycles. The first-order valence-corrected chi connectivity index (χ1v) is 10.9. The number of hydrogen-bond donors (Lipinski definition) is 0. The lowest BCUT2D eigenvalue weighted by atomic mass is 9.96. The minimum atomic E-state index is -3.51. The van der Waals surface area contributed by atoms with Crippen LogP contribution in [-0.4, -0.2) is 50.9 Å². The van der Waals surface area contributed by atoms with E-state index in [1.165, 1.54) is 6.42 Å². The average Bonchev–Trinajstić information content (AvgIpc) is 3.18. The largest absolute Gasteiger partial charge is 0.497 e. The van der Waals surface area contributed by atoms with Gasteiger partial charge in [0.1, 0.15) is 11.5 Å². The fraction of sp³-hybridized carbons (Fsp3) is 0.684. The van der Waals surface area contributed by atoms with Crippen LogP contribution in [0.25, 0.3) is 0 Å². The van der Waals surface area contributed by atoms with E-state index in [1.807, 2.05) is 18.2 Å². The Morgan fingerprint density at radius 1 is 1.04 bits per heavy atom. The van der Waals surface area contributed by atoms with Crippen LogP contribution >= 0.6 is 0 Å². The minimum absolute atomic E-state index is 0.113. The Morgan fingerprint density at radius 3 is 2.42 bits per heavy atom. The molecule has 1 saturated heterocycles. The zero-order valence-corrected chi connectivity index (χ0v) is 16.8. The SMILES string of the molecule is COc1ccc(OC)c(C2CCCN2S(=O)(=O)N(C)C2CCCCC2)c1. The van der Waals surface area contributed by atoms with Gasteiger partial charge in [-0.15, -0.1) is 0 Å². The molecule has 1 aliphatic carbocycles. The van der Waals surface area contributed by atoms with Crippen molar-refractivity contribution in [1.82, 2.24) is 8.61 Å². The standard InChI is InChI=1S/C19H30N2O4S/c1-20(15-8-5-4-6-9-15)26(22,23)21-13-7-10-18(21)17-14-16(24-2)11-12-19(17)25-3/h11-12,14-15,18H,4-10,13H2,1-3H3. The van der Waals surface area contributed by atoms with Crippen LogP contribution in [0, 0.1) is 0 Å². The highest BCUT2D eigenvalue weighted by Crippen LogP contribution is 2.41. The Bertz CT molecular complexity index is 716. The maximum absolute atomic E-state index is 13.3. The van der Waals surface area contributed by atoms with Gasteiger partial charge in [-0.2, -0.15) is 17.0 Å². The van der Waals surface area contributed by atoms with Crippen molar-refractivity contribution in [1.29, 1.82) is 0 Å². The molecule has 1 saturated carbocycles. The summed E-state index contributed by atoms with van der Waals surface area (Å²) >= 11 is 0. The van der Waals surface area contributed by atoms with E-state index in [9.17, 15) is 8.42 Å². The first kappa shape index (κ1) is 19.5. The summed E-state index contributed by atoms with van der Waals surface area (Å²) in [5.41, 5.74) is 0.880. The molecule has 26 heavy (non-hydrogen) atoms. The highest BCUT2D eigenvalue weighted by molar-refractivity contribution is 7.86. The number of rotatable bonds is 6. The molecule has 0 amide bonds.